The Bertz CT molecular complexity index is 692. The number of amides is 2. The summed E-state index contributed by atoms with van der Waals surface area (Å²) in [5.74, 6) is -0.133. The van der Waals surface area contributed by atoms with Crippen LogP contribution in [0, 0.1) is 0 Å². The molecular formula is C15H18N4O4. The molecule has 0 saturated carbocycles. The third kappa shape index (κ3) is 3.71. The van der Waals surface area contributed by atoms with Crippen LogP contribution in [0.1, 0.15) is 23.6 Å². The molecule has 3 heterocycles. The number of aromatic nitrogens is 2. The summed E-state index contributed by atoms with van der Waals surface area (Å²) in [6.07, 6.45) is 2.03. The molecule has 122 valence electrons. The van der Waals surface area contributed by atoms with Crippen molar-refractivity contribution in [3.8, 4) is 0 Å². The lowest BCUT2D eigenvalue weighted by molar-refractivity contribution is -0.136. The summed E-state index contributed by atoms with van der Waals surface area (Å²) in [4.78, 5) is 24.5. The summed E-state index contributed by atoms with van der Waals surface area (Å²) in [5.41, 5.74) is 1.67. The number of hydrogen-bond donors (Lipinski definition) is 2. The second kappa shape index (κ2) is 6.55. The van der Waals surface area contributed by atoms with E-state index in [1.807, 2.05) is 10.7 Å². The molecule has 8 heteroatoms. The van der Waals surface area contributed by atoms with Crippen molar-refractivity contribution < 1.29 is 19.1 Å². The lowest BCUT2D eigenvalue weighted by Crippen LogP contribution is -2.43. The Balaban J connectivity index is 1.56. The molecule has 0 spiro atoms. The SMILES string of the molecule is O=C(O)CCc1cc2n(n1)CCN(C(=O)NCc1ccco1)C2. The quantitative estimate of drug-likeness (QED) is 0.863. The summed E-state index contributed by atoms with van der Waals surface area (Å²) < 4.78 is 7.02. The van der Waals surface area contributed by atoms with E-state index in [0.717, 1.165) is 11.4 Å². The molecule has 0 aliphatic carbocycles. The molecule has 0 fully saturated rings. The van der Waals surface area contributed by atoms with E-state index in [1.165, 1.54) is 0 Å². The number of carbonyl (C=O) groups excluding carboxylic acids is 1. The summed E-state index contributed by atoms with van der Waals surface area (Å²) in [7, 11) is 0. The van der Waals surface area contributed by atoms with Gasteiger partial charge in [0.1, 0.15) is 5.76 Å². The molecule has 0 aromatic carbocycles. The van der Waals surface area contributed by atoms with E-state index in [0.29, 0.717) is 38.4 Å². The fourth-order valence-corrected chi connectivity index (χ4v) is 2.54. The van der Waals surface area contributed by atoms with Gasteiger partial charge in [-0.05, 0) is 18.2 Å². The van der Waals surface area contributed by atoms with Crippen molar-refractivity contribution in [2.75, 3.05) is 6.54 Å². The first-order chi connectivity index (χ1) is 11.1. The Morgan fingerprint density at radius 2 is 2.26 bits per heavy atom. The number of aliphatic carboxylic acids is 1. The molecule has 0 bridgehead atoms. The Morgan fingerprint density at radius 3 is 3.00 bits per heavy atom. The standard InChI is InChI=1S/C15H18N4O4/c20-14(21)4-3-11-8-12-10-18(5-6-19(12)17-11)15(22)16-9-13-2-1-7-23-13/h1-2,7-8H,3-6,9-10H2,(H,16,22)(H,20,21). The van der Waals surface area contributed by atoms with Crippen LogP contribution in [0.15, 0.2) is 28.9 Å². The predicted molar refractivity (Wildman–Crippen MR) is 79.5 cm³/mol. The van der Waals surface area contributed by atoms with Crippen LogP contribution in [0.5, 0.6) is 0 Å². The van der Waals surface area contributed by atoms with E-state index >= 15 is 0 Å². The zero-order valence-electron chi connectivity index (χ0n) is 12.6. The van der Waals surface area contributed by atoms with Gasteiger partial charge in [-0.2, -0.15) is 5.10 Å². The molecule has 1 aliphatic rings. The van der Waals surface area contributed by atoms with Gasteiger partial charge in [0.05, 0.1) is 43.7 Å². The van der Waals surface area contributed by atoms with Crippen molar-refractivity contribution in [2.45, 2.75) is 32.5 Å². The highest BCUT2D eigenvalue weighted by Gasteiger charge is 2.22. The number of furan rings is 1. The van der Waals surface area contributed by atoms with Crippen LogP contribution in [-0.2, 0) is 30.8 Å². The molecule has 8 nitrogen and oxygen atoms in total. The van der Waals surface area contributed by atoms with E-state index in [1.54, 1.807) is 23.3 Å². The van der Waals surface area contributed by atoms with Gasteiger partial charge in [-0.15, -0.1) is 0 Å². The van der Waals surface area contributed by atoms with Crippen molar-refractivity contribution in [3.63, 3.8) is 0 Å². The van der Waals surface area contributed by atoms with Crippen LogP contribution in [0.25, 0.3) is 0 Å². The number of rotatable bonds is 5. The molecule has 0 unspecified atom stereocenters. The highest BCUT2D eigenvalue weighted by molar-refractivity contribution is 5.74. The largest absolute Gasteiger partial charge is 0.481 e. The second-order valence-corrected chi connectivity index (χ2v) is 5.40. The van der Waals surface area contributed by atoms with Gasteiger partial charge in [0.25, 0.3) is 0 Å². The van der Waals surface area contributed by atoms with Crippen LogP contribution in [0.4, 0.5) is 4.79 Å². The number of urea groups is 1. The molecule has 23 heavy (non-hydrogen) atoms. The number of aryl methyl sites for hydroxylation is 1. The van der Waals surface area contributed by atoms with Crippen molar-refractivity contribution in [2.24, 2.45) is 0 Å². The molecular weight excluding hydrogens is 300 g/mol. The normalized spacial score (nSPS) is 13.7. The maximum atomic E-state index is 12.2. The highest BCUT2D eigenvalue weighted by atomic mass is 16.4. The smallest absolute Gasteiger partial charge is 0.318 e. The molecule has 2 N–H and O–H groups in total. The van der Waals surface area contributed by atoms with Crippen molar-refractivity contribution in [3.05, 3.63) is 41.6 Å². The average molecular weight is 318 g/mol. The van der Waals surface area contributed by atoms with Crippen LogP contribution >= 0.6 is 0 Å². The number of carboxylic acid groups (broad SMARTS) is 1. The fraction of sp³-hybridized carbons (Fsp3) is 0.400. The molecule has 1 aliphatic heterocycles. The Morgan fingerprint density at radius 1 is 1.39 bits per heavy atom. The zero-order valence-corrected chi connectivity index (χ0v) is 12.6. The monoisotopic (exact) mass is 318 g/mol. The Hall–Kier alpha value is -2.77. The Labute approximate surface area is 132 Å². The molecule has 0 radical (unpaired) electrons. The minimum atomic E-state index is -0.838. The predicted octanol–water partition coefficient (Wildman–Crippen LogP) is 1.22. The van der Waals surface area contributed by atoms with Gasteiger partial charge in [-0.3, -0.25) is 9.48 Å². The van der Waals surface area contributed by atoms with Gasteiger partial charge in [0.15, 0.2) is 0 Å². The van der Waals surface area contributed by atoms with Crippen molar-refractivity contribution in [1.82, 2.24) is 20.0 Å². The fourth-order valence-electron chi connectivity index (χ4n) is 2.54. The van der Waals surface area contributed by atoms with E-state index < -0.39 is 5.97 Å². The summed E-state index contributed by atoms with van der Waals surface area (Å²) >= 11 is 0. The van der Waals surface area contributed by atoms with Crippen LogP contribution in [0.2, 0.25) is 0 Å². The second-order valence-electron chi connectivity index (χ2n) is 5.40. The van der Waals surface area contributed by atoms with Crippen LogP contribution < -0.4 is 5.32 Å². The van der Waals surface area contributed by atoms with Gasteiger partial charge in [-0.1, -0.05) is 0 Å². The first kappa shape index (κ1) is 15.1. The molecule has 2 aromatic rings. The lowest BCUT2D eigenvalue weighted by atomic mass is 10.2. The molecule has 2 amide bonds. The van der Waals surface area contributed by atoms with Crippen LogP contribution in [0.3, 0.4) is 0 Å². The van der Waals surface area contributed by atoms with Crippen LogP contribution in [-0.4, -0.2) is 38.3 Å². The minimum absolute atomic E-state index is 0.0593. The third-order valence-electron chi connectivity index (χ3n) is 3.72. The number of nitrogens with one attached hydrogen (secondary N) is 1. The van der Waals surface area contributed by atoms with E-state index in [9.17, 15) is 9.59 Å². The van der Waals surface area contributed by atoms with Gasteiger partial charge in [0, 0.05) is 13.0 Å². The first-order valence-electron chi connectivity index (χ1n) is 7.44. The van der Waals surface area contributed by atoms with Gasteiger partial charge in [0.2, 0.25) is 0 Å². The lowest BCUT2D eigenvalue weighted by Gasteiger charge is -2.27. The molecule has 0 atom stereocenters. The maximum Gasteiger partial charge on any atom is 0.318 e. The van der Waals surface area contributed by atoms with E-state index in [2.05, 4.69) is 10.4 Å². The van der Waals surface area contributed by atoms with Crippen molar-refractivity contribution >= 4 is 12.0 Å². The number of nitrogens with zero attached hydrogens (tertiary/aromatic N) is 3. The van der Waals surface area contributed by atoms with Crippen molar-refractivity contribution in [1.29, 1.82) is 0 Å². The summed E-state index contributed by atoms with van der Waals surface area (Å²) in [6.45, 7) is 1.99. The van der Waals surface area contributed by atoms with E-state index in [-0.39, 0.29) is 12.5 Å². The summed E-state index contributed by atoms with van der Waals surface area (Å²) in [6, 6.07) is 5.30. The zero-order chi connectivity index (χ0) is 16.2. The topological polar surface area (TPSA) is 101 Å². The van der Waals surface area contributed by atoms with Gasteiger partial charge < -0.3 is 19.7 Å². The minimum Gasteiger partial charge on any atom is -0.481 e. The molecule has 0 saturated heterocycles. The molecule has 2 aromatic heterocycles. The molecule has 3 rings (SSSR count). The van der Waals surface area contributed by atoms with Gasteiger partial charge in [-0.25, -0.2) is 4.79 Å². The van der Waals surface area contributed by atoms with Gasteiger partial charge >= 0.3 is 12.0 Å². The number of carboxylic acids is 1. The highest BCUT2D eigenvalue weighted by Crippen LogP contribution is 2.15. The van der Waals surface area contributed by atoms with E-state index in [4.69, 9.17) is 9.52 Å². The number of carbonyl (C=O) groups is 2. The number of hydrogen-bond acceptors (Lipinski definition) is 4. The third-order valence-corrected chi connectivity index (χ3v) is 3.72. The Kier molecular flexibility index (Phi) is 4.31. The number of fused-ring (bicyclic) bond motifs is 1. The first-order valence-corrected chi connectivity index (χ1v) is 7.44. The average Bonchev–Trinajstić information content (AvgIpc) is 3.18. The maximum absolute atomic E-state index is 12.2. The summed E-state index contributed by atoms with van der Waals surface area (Å²) in [5, 5.41) is 15.9.